The van der Waals surface area contributed by atoms with Gasteiger partial charge >= 0.3 is 0 Å². The molecule has 4 rings (SSSR count). The molecule has 0 radical (unpaired) electrons. The number of thiophene rings is 1. The van der Waals surface area contributed by atoms with Crippen LogP contribution < -0.4 is 0 Å². The maximum absolute atomic E-state index is 13.3. The minimum absolute atomic E-state index is 0.101. The second-order valence-corrected chi connectivity index (χ2v) is 8.57. The average Bonchev–Trinajstić information content (AvgIpc) is 3.46. The molecule has 6 nitrogen and oxygen atoms in total. The predicted octanol–water partition coefficient (Wildman–Crippen LogP) is 3.69. The van der Waals surface area contributed by atoms with E-state index in [0.717, 1.165) is 18.5 Å². The summed E-state index contributed by atoms with van der Waals surface area (Å²) in [4.78, 5) is 31.1. The smallest absolute Gasteiger partial charge is 0.271 e. The highest BCUT2D eigenvalue weighted by Gasteiger charge is 2.32. The number of benzene rings is 1. The third kappa shape index (κ3) is 4.46. The van der Waals surface area contributed by atoms with Crippen LogP contribution in [0.2, 0.25) is 0 Å². The summed E-state index contributed by atoms with van der Waals surface area (Å²) in [7, 11) is 0. The van der Waals surface area contributed by atoms with E-state index in [1.165, 1.54) is 10.4 Å². The van der Waals surface area contributed by atoms with Crippen LogP contribution in [0.1, 0.15) is 29.4 Å². The van der Waals surface area contributed by atoms with Crippen molar-refractivity contribution in [2.75, 3.05) is 26.2 Å². The van der Waals surface area contributed by atoms with Crippen molar-refractivity contribution in [1.82, 2.24) is 20.0 Å². The van der Waals surface area contributed by atoms with Crippen LogP contribution in [0.3, 0.4) is 0 Å². The first kappa shape index (κ1) is 20.3. The Morgan fingerprint density at radius 2 is 2.13 bits per heavy atom. The first-order valence-electron chi connectivity index (χ1n) is 10.4. The lowest BCUT2D eigenvalue weighted by Gasteiger charge is -2.24. The van der Waals surface area contributed by atoms with Gasteiger partial charge in [0.2, 0.25) is 5.91 Å². The van der Waals surface area contributed by atoms with Gasteiger partial charge in [0.1, 0.15) is 5.69 Å². The zero-order chi connectivity index (χ0) is 20.9. The Hall–Kier alpha value is -2.93. The van der Waals surface area contributed by atoms with Crippen LogP contribution in [-0.2, 0) is 11.2 Å². The molecule has 0 bridgehead atoms. The number of rotatable bonds is 6. The summed E-state index contributed by atoms with van der Waals surface area (Å²) in [6.45, 7) is 4.32. The van der Waals surface area contributed by atoms with Gasteiger partial charge in [-0.25, -0.2) is 0 Å². The number of H-pyrrole nitrogens is 1. The van der Waals surface area contributed by atoms with E-state index < -0.39 is 0 Å². The SMILES string of the molecule is CCCN1CCN(C(=O)c2ccn[nH]2)C[C@H](Cc2cccc(-c3cccs3)c2)C1=O. The number of amides is 2. The number of nitrogens with one attached hydrogen (secondary N) is 1. The Morgan fingerprint density at radius 1 is 1.23 bits per heavy atom. The number of hydrogen-bond acceptors (Lipinski definition) is 4. The van der Waals surface area contributed by atoms with Gasteiger partial charge in [0, 0.05) is 37.3 Å². The molecule has 7 heteroatoms. The molecule has 2 amide bonds. The number of carbonyl (C=O) groups is 2. The first-order valence-corrected chi connectivity index (χ1v) is 11.2. The van der Waals surface area contributed by atoms with Gasteiger partial charge in [0.25, 0.3) is 5.91 Å². The predicted molar refractivity (Wildman–Crippen MR) is 118 cm³/mol. The molecule has 2 aromatic heterocycles. The fourth-order valence-electron chi connectivity index (χ4n) is 4.00. The van der Waals surface area contributed by atoms with Crippen molar-refractivity contribution in [2.24, 2.45) is 5.92 Å². The van der Waals surface area contributed by atoms with Crippen molar-refractivity contribution < 1.29 is 9.59 Å². The van der Waals surface area contributed by atoms with Crippen LogP contribution in [0.5, 0.6) is 0 Å². The molecule has 0 unspecified atom stereocenters. The first-order chi connectivity index (χ1) is 14.7. The van der Waals surface area contributed by atoms with E-state index in [0.29, 0.717) is 31.7 Å². The van der Waals surface area contributed by atoms with E-state index in [1.807, 2.05) is 17.0 Å². The van der Waals surface area contributed by atoms with Gasteiger partial charge < -0.3 is 9.80 Å². The van der Waals surface area contributed by atoms with Crippen LogP contribution in [0.15, 0.2) is 54.0 Å². The van der Waals surface area contributed by atoms with Gasteiger partial charge in [-0.2, -0.15) is 5.10 Å². The molecule has 1 atom stereocenters. The van der Waals surface area contributed by atoms with Gasteiger partial charge in [-0.1, -0.05) is 37.3 Å². The maximum atomic E-state index is 13.3. The molecule has 1 aliphatic heterocycles. The van der Waals surface area contributed by atoms with E-state index in [4.69, 9.17) is 0 Å². The van der Waals surface area contributed by atoms with Crippen molar-refractivity contribution in [3.05, 3.63) is 65.3 Å². The summed E-state index contributed by atoms with van der Waals surface area (Å²) in [5.74, 6) is -0.223. The lowest BCUT2D eigenvalue weighted by Crippen LogP contribution is -2.38. The molecule has 3 heterocycles. The number of aromatic nitrogens is 2. The molecule has 0 spiro atoms. The highest BCUT2D eigenvalue weighted by atomic mass is 32.1. The Morgan fingerprint density at radius 3 is 2.87 bits per heavy atom. The van der Waals surface area contributed by atoms with Crippen molar-refractivity contribution in [2.45, 2.75) is 19.8 Å². The molecule has 3 aromatic rings. The fraction of sp³-hybridized carbons (Fsp3) is 0.348. The summed E-state index contributed by atoms with van der Waals surface area (Å²) < 4.78 is 0. The number of hydrogen-bond donors (Lipinski definition) is 1. The molecule has 156 valence electrons. The quantitative estimate of drug-likeness (QED) is 0.659. The molecule has 30 heavy (non-hydrogen) atoms. The average molecular weight is 423 g/mol. The Labute approximate surface area is 180 Å². The summed E-state index contributed by atoms with van der Waals surface area (Å²) in [5.41, 5.74) is 2.75. The van der Waals surface area contributed by atoms with Crippen LogP contribution >= 0.6 is 11.3 Å². The second-order valence-electron chi connectivity index (χ2n) is 7.63. The largest absolute Gasteiger partial charge is 0.341 e. The monoisotopic (exact) mass is 422 g/mol. The third-order valence-electron chi connectivity index (χ3n) is 5.47. The van der Waals surface area contributed by atoms with E-state index in [9.17, 15) is 9.59 Å². The van der Waals surface area contributed by atoms with Crippen LogP contribution in [0.25, 0.3) is 10.4 Å². The van der Waals surface area contributed by atoms with E-state index in [2.05, 4.69) is 46.8 Å². The highest BCUT2D eigenvalue weighted by Crippen LogP contribution is 2.27. The number of aromatic amines is 1. The summed E-state index contributed by atoms with van der Waals surface area (Å²) in [6, 6.07) is 14.2. The standard InChI is InChI=1S/C23H26N4O2S/c1-2-10-26-11-12-27(23(29)20-8-9-24-25-20)16-19(22(26)28)15-17-5-3-6-18(14-17)21-7-4-13-30-21/h3-9,13-14,19H,2,10-12,15-16H2,1H3,(H,24,25)/t19-/m0/s1. The van der Waals surface area contributed by atoms with Crippen molar-refractivity contribution in [3.8, 4) is 10.4 Å². The Balaban J connectivity index is 1.57. The lowest BCUT2D eigenvalue weighted by atomic mass is 9.96. The molecular formula is C23H26N4O2S. The third-order valence-corrected chi connectivity index (χ3v) is 6.39. The van der Waals surface area contributed by atoms with Gasteiger partial charge in [-0.3, -0.25) is 14.7 Å². The minimum atomic E-state index is -0.260. The van der Waals surface area contributed by atoms with Crippen LogP contribution in [0, 0.1) is 5.92 Å². The Kier molecular flexibility index (Phi) is 6.28. The normalized spacial score (nSPS) is 17.2. The summed E-state index contributed by atoms with van der Waals surface area (Å²) in [5, 5.41) is 8.71. The minimum Gasteiger partial charge on any atom is -0.341 e. The van der Waals surface area contributed by atoms with E-state index in [-0.39, 0.29) is 17.7 Å². The molecule has 1 saturated heterocycles. The van der Waals surface area contributed by atoms with Gasteiger partial charge in [-0.15, -0.1) is 11.3 Å². The van der Waals surface area contributed by atoms with Crippen molar-refractivity contribution >= 4 is 23.2 Å². The number of carbonyl (C=O) groups excluding carboxylic acids is 2. The lowest BCUT2D eigenvalue weighted by molar-refractivity contribution is -0.134. The summed E-state index contributed by atoms with van der Waals surface area (Å²) >= 11 is 1.71. The van der Waals surface area contributed by atoms with Crippen molar-refractivity contribution in [3.63, 3.8) is 0 Å². The molecular weight excluding hydrogens is 396 g/mol. The number of nitrogens with zero attached hydrogens (tertiary/aromatic N) is 3. The van der Waals surface area contributed by atoms with Gasteiger partial charge in [-0.05, 0) is 41.5 Å². The zero-order valence-electron chi connectivity index (χ0n) is 17.1. The Bertz CT molecular complexity index is 985. The molecule has 1 aliphatic rings. The van der Waals surface area contributed by atoms with Crippen LogP contribution in [-0.4, -0.2) is 58.0 Å². The van der Waals surface area contributed by atoms with Gasteiger partial charge in [0.05, 0.1) is 5.92 Å². The van der Waals surface area contributed by atoms with Crippen LogP contribution in [0.4, 0.5) is 0 Å². The molecule has 0 saturated carbocycles. The van der Waals surface area contributed by atoms with Crippen molar-refractivity contribution in [1.29, 1.82) is 0 Å². The maximum Gasteiger partial charge on any atom is 0.271 e. The molecule has 1 aromatic carbocycles. The topological polar surface area (TPSA) is 69.3 Å². The van der Waals surface area contributed by atoms with Gasteiger partial charge in [0.15, 0.2) is 0 Å². The fourth-order valence-corrected chi connectivity index (χ4v) is 4.72. The van der Waals surface area contributed by atoms with E-state index in [1.54, 1.807) is 28.5 Å². The molecule has 0 aliphatic carbocycles. The molecule has 1 fully saturated rings. The highest BCUT2D eigenvalue weighted by molar-refractivity contribution is 7.13. The van der Waals surface area contributed by atoms with E-state index >= 15 is 0 Å². The summed E-state index contributed by atoms with van der Waals surface area (Å²) in [6.07, 6.45) is 3.10. The zero-order valence-corrected chi connectivity index (χ0v) is 17.9. The second kappa shape index (κ2) is 9.26. The molecule has 1 N–H and O–H groups in total.